The number of aryl methyl sites for hydroxylation is 1. The number of halogens is 2. The van der Waals surface area contributed by atoms with E-state index in [0.717, 1.165) is 6.16 Å². The summed E-state index contributed by atoms with van der Waals surface area (Å²) < 4.78 is 0. The first-order valence-electron chi connectivity index (χ1n) is 7.93. The van der Waals surface area contributed by atoms with Crippen molar-refractivity contribution in [2.45, 2.75) is 33.1 Å². The molecule has 0 saturated heterocycles. The van der Waals surface area contributed by atoms with Gasteiger partial charge in [0.1, 0.15) is 0 Å². The Kier molecular flexibility index (Phi) is 16.4. The van der Waals surface area contributed by atoms with Crippen molar-refractivity contribution in [1.29, 1.82) is 0 Å². The van der Waals surface area contributed by atoms with Crippen LogP contribution in [0.25, 0.3) is 21.9 Å². The van der Waals surface area contributed by atoms with Crippen LogP contribution in [0.15, 0.2) is 60.7 Å². The molecule has 0 heterocycles. The zero-order valence-corrected chi connectivity index (χ0v) is 21.7. The van der Waals surface area contributed by atoms with E-state index in [-0.39, 0.29) is 33.6 Å². The SMILES string of the molecule is C[SiH]=[Zr+2].C[Si](C)C.Cc1cc2c(-c3ccccc3)cccc2[cH-]1.[Cl-].[Cl-]. The monoisotopic (exact) mass is 482 g/mol. The van der Waals surface area contributed by atoms with E-state index in [2.05, 4.69) is 93.8 Å². The van der Waals surface area contributed by atoms with E-state index in [1.807, 2.05) is 0 Å². The first-order chi connectivity index (χ1) is 11.0. The minimum Gasteiger partial charge on any atom is -1.00 e. The van der Waals surface area contributed by atoms with Crippen molar-refractivity contribution in [1.82, 2.24) is 0 Å². The average Bonchev–Trinajstić information content (AvgIpc) is 2.88. The van der Waals surface area contributed by atoms with Gasteiger partial charge in [-0.3, -0.25) is 0 Å². The van der Waals surface area contributed by atoms with Crippen molar-refractivity contribution in [2.24, 2.45) is 0 Å². The van der Waals surface area contributed by atoms with Crippen LogP contribution in [0.4, 0.5) is 0 Å². The number of rotatable bonds is 1. The summed E-state index contributed by atoms with van der Waals surface area (Å²) >= 11 is 1.72. The van der Waals surface area contributed by atoms with Gasteiger partial charge < -0.3 is 24.8 Å². The zero-order chi connectivity index (χ0) is 17.2. The van der Waals surface area contributed by atoms with Gasteiger partial charge in [-0.05, 0) is 5.56 Å². The molecule has 0 aliphatic heterocycles. The molecule has 5 heteroatoms. The van der Waals surface area contributed by atoms with Gasteiger partial charge >= 0.3 is 36.0 Å². The van der Waals surface area contributed by atoms with Gasteiger partial charge in [-0.25, -0.2) is 0 Å². The predicted molar refractivity (Wildman–Crippen MR) is 106 cm³/mol. The molecule has 3 aromatic rings. The number of benzene rings is 2. The van der Waals surface area contributed by atoms with Gasteiger partial charge in [-0.15, -0.1) is 34.5 Å². The molecule has 3 rings (SSSR count). The van der Waals surface area contributed by atoms with Crippen LogP contribution in [0.3, 0.4) is 0 Å². The zero-order valence-electron chi connectivity index (χ0n) is 15.6. The molecular formula is C20H26Cl2Si2Zr-. The summed E-state index contributed by atoms with van der Waals surface area (Å²) in [5.74, 6) is 0. The summed E-state index contributed by atoms with van der Waals surface area (Å²) in [6.45, 7) is 11.2. The summed E-state index contributed by atoms with van der Waals surface area (Å²) in [6, 6.07) is 21.6. The summed E-state index contributed by atoms with van der Waals surface area (Å²) in [6.07, 6.45) is 0.840. The maximum absolute atomic E-state index is 2.27. The maximum atomic E-state index is 2.27. The molecule has 0 fully saturated rings. The molecular weight excluding hydrogens is 459 g/mol. The Morgan fingerprint density at radius 2 is 1.44 bits per heavy atom. The molecule has 0 nitrogen and oxygen atoms in total. The fourth-order valence-corrected chi connectivity index (χ4v) is 2.25. The molecule has 0 aliphatic rings. The smallest absolute Gasteiger partial charge is 0.0379 e. The molecule has 1 radical (unpaired) electrons. The molecule has 25 heavy (non-hydrogen) atoms. The van der Waals surface area contributed by atoms with E-state index < -0.39 is 0 Å². The average molecular weight is 485 g/mol. The molecule has 133 valence electrons. The van der Waals surface area contributed by atoms with Gasteiger partial charge in [-0.1, -0.05) is 68.5 Å². The third kappa shape index (κ3) is 10.0. The fourth-order valence-electron chi connectivity index (χ4n) is 2.25. The maximum Gasteiger partial charge on any atom is 0.0379 e. The summed E-state index contributed by atoms with van der Waals surface area (Å²) in [7, 11) is 0.120. The van der Waals surface area contributed by atoms with Crippen LogP contribution >= 0.6 is 0 Å². The topological polar surface area (TPSA) is 0 Å². The van der Waals surface area contributed by atoms with Crippen molar-refractivity contribution < 1.29 is 48.1 Å². The van der Waals surface area contributed by atoms with E-state index in [1.165, 1.54) is 27.5 Å². The third-order valence-corrected chi connectivity index (χ3v) is 2.98. The summed E-state index contributed by atoms with van der Waals surface area (Å²) in [5, 5.41) is 2.69. The Balaban J connectivity index is 0. The Labute approximate surface area is 183 Å². The Morgan fingerprint density at radius 3 is 1.96 bits per heavy atom. The van der Waals surface area contributed by atoms with Crippen molar-refractivity contribution in [3.05, 3.63) is 66.2 Å². The molecule has 0 spiro atoms. The van der Waals surface area contributed by atoms with Gasteiger partial charge in [0, 0.05) is 8.80 Å². The number of hydrogen-bond acceptors (Lipinski definition) is 0. The van der Waals surface area contributed by atoms with Gasteiger partial charge in [-0.2, -0.15) is 6.07 Å². The molecule has 0 amide bonds. The molecule has 0 atom stereocenters. The standard InChI is InChI=1S/C16H13.C3H9Si.CH4Si.2ClH.Zr/c1-12-10-14-8-5-9-15(16(14)11-12)13-6-3-2-4-7-13;1-4(2)3;1-2;;;/h2-11H,1H3;1-3H3;2H,1H3;2*1H;/q-1;;;;;+2/p-2. The van der Waals surface area contributed by atoms with E-state index >= 15 is 0 Å². The molecule has 0 aromatic heterocycles. The molecule has 0 N–H and O–H groups in total. The molecule has 0 saturated carbocycles. The largest absolute Gasteiger partial charge is 1.00 e. The Hall–Kier alpha value is -0.0531. The molecule has 0 aliphatic carbocycles. The van der Waals surface area contributed by atoms with Crippen LogP contribution in [0, 0.1) is 6.92 Å². The quantitative estimate of drug-likeness (QED) is 0.333. The Bertz CT molecular complexity index is 722. The van der Waals surface area contributed by atoms with Gasteiger partial charge in [0.25, 0.3) is 0 Å². The van der Waals surface area contributed by atoms with Gasteiger partial charge in [0.2, 0.25) is 0 Å². The second-order valence-corrected chi connectivity index (χ2v) is 13.8. The summed E-state index contributed by atoms with van der Waals surface area (Å²) in [4.78, 5) is 0. The van der Waals surface area contributed by atoms with Gasteiger partial charge in [0.15, 0.2) is 0 Å². The van der Waals surface area contributed by atoms with Crippen LogP contribution in [-0.2, 0) is 23.3 Å². The second-order valence-electron chi connectivity index (χ2n) is 6.00. The number of fused-ring (bicyclic) bond motifs is 1. The normalized spacial score (nSPS) is 8.96. The van der Waals surface area contributed by atoms with E-state index in [4.69, 9.17) is 0 Å². The first-order valence-corrected chi connectivity index (χ1v) is 16.9. The molecule has 0 bridgehead atoms. The fraction of sp³-hybridized carbons (Fsp3) is 0.250. The molecule has 3 aromatic carbocycles. The van der Waals surface area contributed by atoms with Crippen molar-refractivity contribution in [2.75, 3.05) is 0 Å². The van der Waals surface area contributed by atoms with Crippen LogP contribution in [-0.4, -0.2) is 15.0 Å². The number of hydrogen-bond donors (Lipinski definition) is 0. The second kappa shape index (κ2) is 15.0. The van der Waals surface area contributed by atoms with Crippen LogP contribution < -0.4 is 24.8 Å². The van der Waals surface area contributed by atoms with Gasteiger partial charge in [0.05, 0.1) is 0 Å². The van der Waals surface area contributed by atoms with Crippen molar-refractivity contribution >= 4 is 25.7 Å². The van der Waals surface area contributed by atoms with E-state index in [1.54, 1.807) is 23.3 Å². The van der Waals surface area contributed by atoms with E-state index in [9.17, 15) is 0 Å². The van der Waals surface area contributed by atoms with Crippen LogP contribution in [0.2, 0.25) is 26.2 Å². The predicted octanol–water partition coefficient (Wildman–Crippen LogP) is -0.154. The first kappa shape index (κ1) is 27.2. The Morgan fingerprint density at radius 1 is 0.920 bits per heavy atom. The minimum atomic E-state index is 0. The van der Waals surface area contributed by atoms with Crippen molar-refractivity contribution in [3.63, 3.8) is 0 Å². The van der Waals surface area contributed by atoms with E-state index in [0.29, 0.717) is 0 Å². The summed E-state index contributed by atoms with van der Waals surface area (Å²) in [5.41, 5.74) is 3.95. The van der Waals surface area contributed by atoms with Crippen LogP contribution in [0.5, 0.6) is 0 Å². The van der Waals surface area contributed by atoms with Crippen molar-refractivity contribution in [3.8, 4) is 11.1 Å². The molecule has 0 unspecified atom stereocenters. The third-order valence-electron chi connectivity index (χ3n) is 2.98. The minimum absolute atomic E-state index is 0. The van der Waals surface area contributed by atoms with Crippen LogP contribution in [0.1, 0.15) is 5.56 Å².